The number of hydrogen-bond donors (Lipinski definition) is 1. The van der Waals surface area contributed by atoms with Crippen LogP contribution in [0.3, 0.4) is 0 Å². The molecule has 2 rings (SSSR count). The second kappa shape index (κ2) is 8.10. The lowest BCUT2D eigenvalue weighted by Crippen LogP contribution is -2.13. The molecule has 0 heterocycles. The zero-order valence-corrected chi connectivity index (χ0v) is 14.7. The van der Waals surface area contributed by atoms with E-state index >= 15 is 0 Å². The Kier molecular flexibility index (Phi) is 6.14. The maximum atomic E-state index is 13.2. The zero-order chi connectivity index (χ0) is 17.7. The fraction of sp³-hybridized carbons (Fsp3) is 0.235. The average Bonchev–Trinajstić information content (AvgIpc) is 2.52. The molecule has 24 heavy (non-hydrogen) atoms. The molecular formula is C17H16BrF2NO3. The number of benzene rings is 2. The highest BCUT2D eigenvalue weighted by Crippen LogP contribution is 2.37. The first-order valence-corrected chi connectivity index (χ1v) is 8.01. The maximum Gasteiger partial charge on any atom is 0.255 e. The van der Waals surface area contributed by atoms with Crippen molar-refractivity contribution in [2.75, 3.05) is 19.0 Å². The molecule has 0 radical (unpaired) electrons. The topological polar surface area (TPSA) is 47.6 Å². The minimum atomic E-state index is -0.771. The van der Waals surface area contributed by atoms with Gasteiger partial charge in [0, 0.05) is 17.3 Å². The minimum absolute atomic E-state index is 0.0268. The number of amides is 1. The Morgan fingerprint density at radius 2 is 1.83 bits per heavy atom. The third kappa shape index (κ3) is 4.44. The molecule has 0 aliphatic heterocycles. The number of anilines is 1. The summed E-state index contributed by atoms with van der Waals surface area (Å²) in [6.07, 6.45) is 0.822. The van der Waals surface area contributed by atoms with Gasteiger partial charge in [-0.2, -0.15) is 0 Å². The second-order valence-corrected chi connectivity index (χ2v) is 5.80. The molecule has 0 aliphatic rings. The van der Waals surface area contributed by atoms with Gasteiger partial charge in [-0.05, 0) is 46.6 Å². The summed E-state index contributed by atoms with van der Waals surface area (Å²) in [7, 11) is 1.46. The number of carbonyl (C=O) groups excluding carboxylic acids is 1. The number of carbonyl (C=O) groups is 1. The van der Waals surface area contributed by atoms with Crippen LogP contribution in [0.4, 0.5) is 14.5 Å². The predicted molar refractivity (Wildman–Crippen MR) is 90.8 cm³/mol. The fourth-order valence-electron chi connectivity index (χ4n) is 2.02. The van der Waals surface area contributed by atoms with Crippen molar-refractivity contribution in [1.29, 1.82) is 0 Å². The number of rotatable bonds is 6. The first kappa shape index (κ1) is 18.2. The molecule has 1 N–H and O–H groups in total. The summed E-state index contributed by atoms with van der Waals surface area (Å²) in [5.41, 5.74) is 0.283. The van der Waals surface area contributed by atoms with E-state index in [9.17, 15) is 13.6 Å². The molecule has 0 fully saturated rings. The molecule has 7 heteroatoms. The molecule has 128 valence electrons. The Balaban J connectivity index is 2.27. The Morgan fingerprint density at radius 1 is 1.17 bits per heavy atom. The van der Waals surface area contributed by atoms with Gasteiger partial charge in [-0.15, -0.1) is 0 Å². The van der Waals surface area contributed by atoms with Gasteiger partial charge in [0.2, 0.25) is 0 Å². The van der Waals surface area contributed by atoms with E-state index in [2.05, 4.69) is 21.2 Å². The first-order valence-electron chi connectivity index (χ1n) is 7.22. The van der Waals surface area contributed by atoms with E-state index in [0.29, 0.717) is 22.6 Å². The van der Waals surface area contributed by atoms with Gasteiger partial charge in [0.15, 0.2) is 11.5 Å². The molecule has 0 unspecified atom stereocenters. The van der Waals surface area contributed by atoms with E-state index in [-0.39, 0.29) is 11.3 Å². The molecule has 0 aliphatic carbocycles. The van der Waals surface area contributed by atoms with Crippen LogP contribution in [-0.4, -0.2) is 19.6 Å². The second-order valence-electron chi connectivity index (χ2n) is 4.95. The smallest absolute Gasteiger partial charge is 0.255 e. The Morgan fingerprint density at radius 3 is 2.42 bits per heavy atom. The van der Waals surface area contributed by atoms with Gasteiger partial charge in [0.25, 0.3) is 5.91 Å². The van der Waals surface area contributed by atoms with Gasteiger partial charge in [-0.25, -0.2) is 8.78 Å². The van der Waals surface area contributed by atoms with E-state index in [0.717, 1.165) is 24.6 Å². The highest BCUT2D eigenvalue weighted by Gasteiger charge is 2.16. The van der Waals surface area contributed by atoms with Crippen molar-refractivity contribution >= 4 is 27.5 Å². The first-order chi connectivity index (χ1) is 11.4. The third-order valence-electron chi connectivity index (χ3n) is 3.06. The molecule has 0 saturated heterocycles. The lowest BCUT2D eigenvalue weighted by atomic mass is 10.1. The van der Waals surface area contributed by atoms with E-state index < -0.39 is 17.5 Å². The van der Waals surface area contributed by atoms with E-state index in [4.69, 9.17) is 9.47 Å². The molecule has 0 saturated carbocycles. The quantitative estimate of drug-likeness (QED) is 0.760. The summed E-state index contributed by atoms with van der Waals surface area (Å²) in [4.78, 5) is 12.3. The van der Waals surface area contributed by atoms with E-state index in [1.807, 2.05) is 6.92 Å². The minimum Gasteiger partial charge on any atom is -0.493 e. The Hall–Kier alpha value is -2.15. The Bertz CT molecular complexity index is 733. The fourth-order valence-corrected chi connectivity index (χ4v) is 2.58. The zero-order valence-electron chi connectivity index (χ0n) is 13.2. The number of methoxy groups -OCH3 is 1. The molecule has 0 bridgehead atoms. The molecule has 4 nitrogen and oxygen atoms in total. The van der Waals surface area contributed by atoms with Crippen molar-refractivity contribution in [3.05, 3.63) is 52.0 Å². The molecule has 1 amide bonds. The lowest BCUT2D eigenvalue weighted by molar-refractivity contribution is 0.102. The summed E-state index contributed by atoms with van der Waals surface area (Å²) in [6.45, 7) is 2.48. The number of halogens is 3. The third-order valence-corrected chi connectivity index (χ3v) is 3.65. The van der Waals surface area contributed by atoms with Crippen molar-refractivity contribution in [2.45, 2.75) is 13.3 Å². The Labute approximate surface area is 146 Å². The molecule has 0 atom stereocenters. The van der Waals surface area contributed by atoms with Crippen molar-refractivity contribution in [1.82, 2.24) is 0 Å². The molecule has 2 aromatic rings. The van der Waals surface area contributed by atoms with Crippen LogP contribution in [0.5, 0.6) is 11.5 Å². The number of nitrogens with one attached hydrogen (secondary N) is 1. The molecule has 0 aromatic heterocycles. The van der Waals surface area contributed by atoms with Gasteiger partial charge in [0.1, 0.15) is 11.6 Å². The summed E-state index contributed by atoms with van der Waals surface area (Å²) in [5.74, 6) is -1.19. The van der Waals surface area contributed by atoms with Crippen LogP contribution in [-0.2, 0) is 0 Å². The monoisotopic (exact) mass is 399 g/mol. The summed E-state index contributed by atoms with van der Waals surface area (Å²) in [6, 6.07) is 5.85. The van der Waals surface area contributed by atoms with Crippen LogP contribution in [0.1, 0.15) is 23.7 Å². The van der Waals surface area contributed by atoms with Crippen LogP contribution >= 0.6 is 15.9 Å². The molecular weight excluding hydrogens is 384 g/mol. The number of ether oxygens (including phenoxy) is 2. The highest BCUT2D eigenvalue weighted by atomic mass is 79.9. The van der Waals surface area contributed by atoms with Crippen LogP contribution < -0.4 is 14.8 Å². The normalized spacial score (nSPS) is 10.4. The molecule has 2 aromatic carbocycles. The largest absolute Gasteiger partial charge is 0.493 e. The van der Waals surface area contributed by atoms with Crippen molar-refractivity contribution in [2.24, 2.45) is 0 Å². The van der Waals surface area contributed by atoms with Crippen LogP contribution in [0.25, 0.3) is 0 Å². The van der Waals surface area contributed by atoms with Gasteiger partial charge in [-0.3, -0.25) is 4.79 Å². The summed E-state index contributed by atoms with van der Waals surface area (Å²) in [5, 5.41) is 2.44. The van der Waals surface area contributed by atoms with Crippen molar-refractivity contribution in [3.8, 4) is 11.5 Å². The molecule has 0 spiro atoms. The highest BCUT2D eigenvalue weighted by molar-refractivity contribution is 9.10. The average molecular weight is 400 g/mol. The van der Waals surface area contributed by atoms with Crippen molar-refractivity contribution < 1.29 is 23.0 Å². The maximum absolute atomic E-state index is 13.2. The van der Waals surface area contributed by atoms with Crippen LogP contribution in [0.15, 0.2) is 34.8 Å². The van der Waals surface area contributed by atoms with Crippen LogP contribution in [0.2, 0.25) is 0 Å². The van der Waals surface area contributed by atoms with Gasteiger partial charge >= 0.3 is 0 Å². The van der Waals surface area contributed by atoms with Gasteiger partial charge < -0.3 is 14.8 Å². The summed E-state index contributed by atoms with van der Waals surface area (Å²) >= 11 is 3.34. The van der Waals surface area contributed by atoms with E-state index in [1.54, 1.807) is 6.07 Å². The van der Waals surface area contributed by atoms with Gasteiger partial charge in [-0.1, -0.05) is 6.92 Å². The number of hydrogen-bond acceptors (Lipinski definition) is 3. The van der Waals surface area contributed by atoms with Crippen LogP contribution in [0, 0.1) is 11.6 Å². The van der Waals surface area contributed by atoms with Crippen molar-refractivity contribution in [3.63, 3.8) is 0 Å². The van der Waals surface area contributed by atoms with Gasteiger partial charge in [0.05, 0.1) is 18.2 Å². The summed E-state index contributed by atoms with van der Waals surface area (Å²) < 4.78 is 37.8. The van der Waals surface area contributed by atoms with E-state index in [1.165, 1.54) is 13.2 Å². The predicted octanol–water partition coefficient (Wildman–Crippen LogP) is 4.78. The lowest BCUT2D eigenvalue weighted by Gasteiger charge is -2.14. The standard InChI is InChI=1S/C17H16BrF2NO3/c1-3-4-24-16-14(18)5-10(6-15(16)23-2)17(22)21-13-8-11(19)7-12(20)9-13/h5-9H,3-4H2,1-2H3,(H,21,22). The SMILES string of the molecule is CCCOc1c(Br)cc(C(=O)Nc2cc(F)cc(F)c2)cc1OC.